The summed E-state index contributed by atoms with van der Waals surface area (Å²) in [5.74, 6) is -1.52. The molecule has 2 heterocycles. The number of halogens is 1. The number of hydrazine groups is 1. The van der Waals surface area contributed by atoms with Crippen LogP contribution >= 0.6 is 27.3 Å². The van der Waals surface area contributed by atoms with Gasteiger partial charge in [0.05, 0.1) is 12.0 Å². The van der Waals surface area contributed by atoms with Gasteiger partial charge in [-0.3, -0.25) is 20.4 Å². The van der Waals surface area contributed by atoms with Crippen molar-refractivity contribution in [2.45, 2.75) is 0 Å². The van der Waals surface area contributed by atoms with Crippen LogP contribution < -0.4 is 10.9 Å². The summed E-state index contributed by atoms with van der Waals surface area (Å²) in [6.45, 7) is 0. The highest BCUT2D eigenvalue weighted by atomic mass is 79.9. The van der Waals surface area contributed by atoms with Gasteiger partial charge in [0.15, 0.2) is 0 Å². The minimum atomic E-state index is -0.519. The SMILES string of the molecule is COC(=O)c1ccc(C(=O)NNC(=O)c2cc(Br)c[nH]2)s1. The average molecular weight is 372 g/mol. The van der Waals surface area contributed by atoms with Crippen LogP contribution in [-0.2, 0) is 4.74 Å². The second-order valence-corrected chi connectivity index (χ2v) is 5.79. The molecule has 21 heavy (non-hydrogen) atoms. The molecule has 0 aliphatic heterocycles. The van der Waals surface area contributed by atoms with Crippen LogP contribution in [0.25, 0.3) is 0 Å². The van der Waals surface area contributed by atoms with Crippen molar-refractivity contribution in [1.82, 2.24) is 15.8 Å². The van der Waals surface area contributed by atoms with E-state index in [2.05, 4.69) is 36.5 Å². The van der Waals surface area contributed by atoms with Crippen LogP contribution in [0.4, 0.5) is 0 Å². The van der Waals surface area contributed by atoms with Crippen LogP contribution in [-0.4, -0.2) is 29.9 Å². The Morgan fingerprint density at radius 3 is 2.48 bits per heavy atom. The number of amides is 2. The van der Waals surface area contributed by atoms with E-state index in [1.165, 1.54) is 19.2 Å². The molecule has 3 N–H and O–H groups in total. The first-order chi connectivity index (χ1) is 10.0. The second kappa shape index (κ2) is 6.55. The summed E-state index contributed by atoms with van der Waals surface area (Å²) in [5.41, 5.74) is 4.82. The molecule has 0 fully saturated rings. The number of methoxy groups -OCH3 is 1. The molecule has 0 unspecified atom stereocenters. The van der Waals surface area contributed by atoms with Gasteiger partial charge in [-0.15, -0.1) is 11.3 Å². The normalized spacial score (nSPS) is 10.0. The monoisotopic (exact) mass is 371 g/mol. The fraction of sp³-hybridized carbons (Fsp3) is 0.0833. The van der Waals surface area contributed by atoms with Crippen molar-refractivity contribution in [2.75, 3.05) is 7.11 Å². The molecule has 0 saturated carbocycles. The molecule has 0 aliphatic carbocycles. The lowest BCUT2D eigenvalue weighted by Gasteiger charge is -2.04. The summed E-state index contributed by atoms with van der Waals surface area (Å²) < 4.78 is 5.27. The third-order valence-electron chi connectivity index (χ3n) is 2.40. The zero-order valence-electron chi connectivity index (χ0n) is 10.7. The first-order valence-electron chi connectivity index (χ1n) is 5.64. The van der Waals surface area contributed by atoms with E-state index < -0.39 is 17.8 Å². The summed E-state index contributed by atoms with van der Waals surface area (Å²) in [7, 11) is 1.26. The molecule has 0 radical (unpaired) electrons. The van der Waals surface area contributed by atoms with Crippen molar-refractivity contribution in [1.29, 1.82) is 0 Å². The minimum absolute atomic E-state index is 0.281. The van der Waals surface area contributed by atoms with E-state index in [-0.39, 0.29) is 4.88 Å². The van der Waals surface area contributed by atoms with Crippen molar-refractivity contribution < 1.29 is 19.1 Å². The molecule has 0 saturated heterocycles. The third-order valence-corrected chi connectivity index (χ3v) is 3.92. The number of aromatic amines is 1. The largest absolute Gasteiger partial charge is 0.465 e. The van der Waals surface area contributed by atoms with Gasteiger partial charge in [-0.2, -0.15) is 0 Å². The van der Waals surface area contributed by atoms with Gasteiger partial charge in [-0.25, -0.2) is 4.79 Å². The van der Waals surface area contributed by atoms with Crippen molar-refractivity contribution in [3.8, 4) is 0 Å². The van der Waals surface area contributed by atoms with Crippen LogP contribution in [0.3, 0.4) is 0 Å². The topological polar surface area (TPSA) is 100 Å². The molecule has 0 bridgehead atoms. The van der Waals surface area contributed by atoms with Gasteiger partial charge in [-0.1, -0.05) is 0 Å². The van der Waals surface area contributed by atoms with E-state index >= 15 is 0 Å². The number of aromatic nitrogens is 1. The predicted molar refractivity (Wildman–Crippen MR) is 79.1 cm³/mol. The maximum absolute atomic E-state index is 11.8. The Bertz CT molecular complexity index is 694. The number of rotatable bonds is 3. The Kier molecular flexibility index (Phi) is 4.76. The fourth-order valence-corrected chi connectivity index (χ4v) is 2.57. The number of carbonyl (C=O) groups is 3. The van der Waals surface area contributed by atoms with Crippen LogP contribution in [0.15, 0.2) is 28.9 Å². The summed E-state index contributed by atoms with van der Waals surface area (Å²) in [5, 5.41) is 0. The molecule has 2 amide bonds. The summed E-state index contributed by atoms with van der Waals surface area (Å²) in [6, 6.07) is 4.53. The molecule has 0 atom stereocenters. The molecular weight excluding hydrogens is 362 g/mol. The van der Waals surface area contributed by atoms with Gasteiger partial charge in [0.1, 0.15) is 10.6 Å². The van der Waals surface area contributed by atoms with Crippen molar-refractivity contribution >= 4 is 45.1 Å². The molecule has 2 rings (SSSR count). The minimum Gasteiger partial charge on any atom is -0.465 e. The van der Waals surface area contributed by atoms with E-state index in [0.717, 1.165) is 15.8 Å². The molecule has 2 aromatic heterocycles. The molecule has 0 aromatic carbocycles. The van der Waals surface area contributed by atoms with Crippen LogP contribution in [0, 0.1) is 0 Å². The number of esters is 1. The fourth-order valence-electron chi connectivity index (χ4n) is 1.41. The lowest BCUT2D eigenvalue weighted by atomic mass is 10.4. The standard InChI is InChI=1S/C12H10BrN3O4S/c1-20-12(19)9-3-2-8(21-9)11(18)16-15-10(17)7-4-6(13)5-14-7/h2-5,14H,1H3,(H,15,17)(H,16,18). The van der Waals surface area contributed by atoms with Crippen molar-refractivity contribution in [3.05, 3.63) is 44.3 Å². The summed E-state index contributed by atoms with van der Waals surface area (Å²) in [4.78, 5) is 38.1. The maximum atomic E-state index is 11.8. The Morgan fingerprint density at radius 1 is 1.19 bits per heavy atom. The lowest BCUT2D eigenvalue weighted by Crippen LogP contribution is -2.41. The first-order valence-corrected chi connectivity index (χ1v) is 7.25. The van der Waals surface area contributed by atoms with Crippen molar-refractivity contribution in [2.24, 2.45) is 0 Å². The predicted octanol–water partition coefficient (Wildman–Crippen LogP) is 1.70. The summed E-state index contributed by atoms with van der Waals surface area (Å²) in [6.07, 6.45) is 1.60. The number of hydrogen-bond acceptors (Lipinski definition) is 5. The third kappa shape index (κ3) is 3.70. The number of H-pyrrole nitrogens is 1. The highest BCUT2D eigenvalue weighted by Gasteiger charge is 2.15. The number of carbonyl (C=O) groups excluding carboxylic acids is 3. The highest BCUT2D eigenvalue weighted by molar-refractivity contribution is 9.10. The quantitative estimate of drug-likeness (QED) is 0.564. The lowest BCUT2D eigenvalue weighted by molar-refractivity contribution is 0.0606. The molecule has 0 spiro atoms. The Labute approximate surface area is 131 Å². The van der Waals surface area contributed by atoms with Crippen molar-refractivity contribution in [3.63, 3.8) is 0 Å². The molecule has 110 valence electrons. The van der Waals surface area contributed by atoms with Crippen LogP contribution in [0.2, 0.25) is 0 Å². The molecule has 9 heteroatoms. The van der Waals surface area contributed by atoms with Gasteiger partial charge < -0.3 is 9.72 Å². The second-order valence-electron chi connectivity index (χ2n) is 3.80. The zero-order chi connectivity index (χ0) is 15.4. The van der Waals surface area contributed by atoms with E-state index in [0.29, 0.717) is 10.6 Å². The van der Waals surface area contributed by atoms with Gasteiger partial charge in [-0.05, 0) is 34.1 Å². The van der Waals surface area contributed by atoms with E-state index in [1.807, 2.05) is 0 Å². The number of hydrogen-bond donors (Lipinski definition) is 3. The highest BCUT2D eigenvalue weighted by Crippen LogP contribution is 2.17. The van der Waals surface area contributed by atoms with Gasteiger partial charge in [0, 0.05) is 10.7 Å². The van der Waals surface area contributed by atoms with E-state index in [9.17, 15) is 14.4 Å². The van der Waals surface area contributed by atoms with Gasteiger partial charge >= 0.3 is 5.97 Å². The number of nitrogens with one attached hydrogen (secondary N) is 3. The maximum Gasteiger partial charge on any atom is 0.348 e. The zero-order valence-corrected chi connectivity index (χ0v) is 13.1. The number of ether oxygens (including phenoxy) is 1. The Hall–Kier alpha value is -2.13. The first kappa shape index (κ1) is 15.3. The van der Waals surface area contributed by atoms with Crippen LogP contribution in [0.1, 0.15) is 29.8 Å². The smallest absolute Gasteiger partial charge is 0.348 e. The summed E-state index contributed by atoms with van der Waals surface area (Å²) >= 11 is 4.17. The molecule has 7 nitrogen and oxygen atoms in total. The Balaban J connectivity index is 1.94. The Morgan fingerprint density at radius 2 is 1.86 bits per heavy atom. The molecule has 2 aromatic rings. The van der Waals surface area contributed by atoms with Crippen LogP contribution in [0.5, 0.6) is 0 Å². The van der Waals surface area contributed by atoms with Gasteiger partial charge in [0.2, 0.25) is 0 Å². The molecule has 0 aliphatic rings. The molecular formula is C12H10BrN3O4S. The number of thiophene rings is 1. The van der Waals surface area contributed by atoms with E-state index in [1.54, 1.807) is 12.3 Å². The average Bonchev–Trinajstić information content (AvgIpc) is 3.12. The van der Waals surface area contributed by atoms with E-state index in [4.69, 9.17) is 0 Å². The van der Waals surface area contributed by atoms with Gasteiger partial charge in [0.25, 0.3) is 11.8 Å².